The molecule has 1 amide bonds. The van der Waals surface area contributed by atoms with Crippen molar-refractivity contribution in [2.24, 2.45) is 11.8 Å². The molecule has 0 spiro atoms. The van der Waals surface area contributed by atoms with E-state index in [1.165, 1.54) is 5.56 Å². The van der Waals surface area contributed by atoms with Crippen molar-refractivity contribution in [3.63, 3.8) is 0 Å². The fourth-order valence-electron chi connectivity index (χ4n) is 4.89. The Bertz CT molecular complexity index is 837. The first-order valence-corrected chi connectivity index (χ1v) is 14.1. The zero-order valence-corrected chi connectivity index (χ0v) is 22.7. The van der Waals surface area contributed by atoms with Gasteiger partial charge in [0.25, 0.3) is 0 Å². The summed E-state index contributed by atoms with van der Waals surface area (Å²) in [4.78, 5) is 24.0. The van der Waals surface area contributed by atoms with E-state index < -0.39 is 12.2 Å². The smallest absolute Gasteiger partial charge is 0.306 e. The standard InChI is InChI=1S/C31H47NO5/c1-3-5-9-18-31(36)37-25(20-19-24-14-10-8-11-15-24)21-22-27-26(28(33)23-29(27)34)16-12-6-7-13-17-30(35)32-4-2/h6,8,10-12,14-15,21-22,25-29,33-34H,3-5,7,9,13,16-20,23H2,1-2H3,(H,32,35)/b12-6-,22-21+/t25-,26+,27+,28-,29+/m0/s1. The lowest BCUT2D eigenvalue weighted by Gasteiger charge is -2.21. The Morgan fingerprint density at radius 2 is 1.84 bits per heavy atom. The van der Waals surface area contributed by atoms with Crippen LogP contribution in [0.2, 0.25) is 0 Å². The molecule has 206 valence electrons. The molecule has 5 atom stereocenters. The molecule has 1 aliphatic rings. The fourth-order valence-corrected chi connectivity index (χ4v) is 4.89. The van der Waals surface area contributed by atoms with E-state index in [2.05, 4.69) is 30.4 Å². The molecular formula is C31H47NO5. The number of aryl methyl sites for hydroxylation is 1. The number of aliphatic hydroxyl groups is 2. The molecular weight excluding hydrogens is 466 g/mol. The number of hydrogen-bond donors (Lipinski definition) is 3. The first-order chi connectivity index (χ1) is 17.9. The molecule has 0 heterocycles. The van der Waals surface area contributed by atoms with Crippen molar-refractivity contribution in [3.05, 3.63) is 60.2 Å². The van der Waals surface area contributed by atoms with Crippen LogP contribution >= 0.6 is 0 Å². The first kappa shape index (κ1) is 30.8. The van der Waals surface area contributed by atoms with Gasteiger partial charge < -0.3 is 20.3 Å². The second-order valence-corrected chi connectivity index (χ2v) is 10.1. The minimum atomic E-state index is -0.627. The number of esters is 1. The van der Waals surface area contributed by atoms with E-state index in [0.29, 0.717) is 38.6 Å². The van der Waals surface area contributed by atoms with Crippen LogP contribution in [-0.4, -0.2) is 46.9 Å². The summed E-state index contributed by atoms with van der Waals surface area (Å²) in [5, 5.41) is 24.0. The highest BCUT2D eigenvalue weighted by atomic mass is 16.5. The number of ether oxygens (including phenoxy) is 1. The Hall–Kier alpha value is -2.44. The van der Waals surface area contributed by atoms with Gasteiger partial charge in [0, 0.05) is 31.7 Å². The van der Waals surface area contributed by atoms with Crippen LogP contribution in [0.1, 0.15) is 83.6 Å². The second-order valence-electron chi connectivity index (χ2n) is 10.1. The van der Waals surface area contributed by atoms with Crippen molar-refractivity contribution >= 4 is 11.9 Å². The lowest BCUT2D eigenvalue weighted by Crippen LogP contribution is -2.22. The molecule has 1 fully saturated rings. The summed E-state index contributed by atoms with van der Waals surface area (Å²) in [6, 6.07) is 10.1. The van der Waals surface area contributed by atoms with E-state index in [4.69, 9.17) is 4.74 Å². The minimum absolute atomic E-state index is 0.0725. The van der Waals surface area contributed by atoms with Crippen molar-refractivity contribution < 1.29 is 24.5 Å². The second kappa shape index (κ2) is 17.9. The highest BCUT2D eigenvalue weighted by Crippen LogP contribution is 2.36. The van der Waals surface area contributed by atoms with E-state index in [1.54, 1.807) is 0 Å². The molecule has 6 heteroatoms. The summed E-state index contributed by atoms with van der Waals surface area (Å²) in [6.45, 7) is 4.67. The van der Waals surface area contributed by atoms with Crippen LogP contribution in [0.5, 0.6) is 0 Å². The third kappa shape index (κ3) is 12.1. The molecule has 37 heavy (non-hydrogen) atoms. The van der Waals surface area contributed by atoms with Gasteiger partial charge in [-0.2, -0.15) is 0 Å². The number of nitrogens with one attached hydrogen (secondary N) is 1. The molecule has 2 rings (SSSR count). The van der Waals surface area contributed by atoms with E-state index >= 15 is 0 Å². The number of amides is 1. The zero-order valence-electron chi connectivity index (χ0n) is 22.7. The Kier molecular flexibility index (Phi) is 14.9. The highest BCUT2D eigenvalue weighted by molar-refractivity contribution is 5.75. The molecule has 0 aromatic heterocycles. The quantitative estimate of drug-likeness (QED) is 0.150. The largest absolute Gasteiger partial charge is 0.458 e. The predicted molar refractivity (Wildman–Crippen MR) is 148 cm³/mol. The van der Waals surface area contributed by atoms with Gasteiger partial charge in [-0.25, -0.2) is 0 Å². The fraction of sp³-hybridized carbons (Fsp3) is 0.613. The topological polar surface area (TPSA) is 95.9 Å². The molecule has 1 aromatic carbocycles. The molecule has 1 aliphatic carbocycles. The molecule has 0 aliphatic heterocycles. The van der Waals surface area contributed by atoms with Gasteiger partial charge in [0.1, 0.15) is 6.10 Å². The van der Waals surface area contributed by atoms with E-state index in [9.17, 15) is 19.8 Å². The normalized spacial score (nSPS) is 22.5. The Labute approximate surface area is 223 Å². The van der Waals surface area contributed by atoms with Crippen molar-refractivity contribution in [2.75, 3.05) is 6.54 Å². The molecule has 0 saturated heterocycles. The monoisotopic (exact) mass is 513 g/mol. The van der Waals surface area contributed by atoms with Gasteiger partial charge in [0.05, 0.1) is 12.2 Å². The lowest BCUT2D eigenvalue weighted by atomic mass is 9.89. The summed E-state index contributed by atoms with van der Waals surface area (Å²) in [7, 11) is 0. The van der Waals surface area contributed by atoms with Gasteiger partial charge in [-0.05, 0) is 63.0 Å². The number of rotatable bonds is 17. The maximum atomic E-state index is 12.4. The van der Waals surface area contributed by atoms with Crippen LogP contribution in [0.25, 0.3) is 0 Å². The highest BCUT2D eigenvalue weighted by Gasteiger charge is 2.39. The third-order valence-corrected chi connectivity index (χ3v) is 7.01. The molecule has 1 saturated carbocycles. The molecule has 0 radical (unpaired) electrons. The van der Waals surface area contributed by atoms with Gasteiger partial charge >= 0.3 is 5.97 Å². The van der Waals surface area contributed by atoms with Crippen LogP contribution in [0.3, 0.4) is 0 Å². The number of unbranched alkanes of at least 4 members (excludes halogenated alkanes) is 3. The Balaban J connectivity index is 1.96. The van der Waals surface area contributed by atoms with Gasteiger partial charge in [0.15, 0.2) is 0 Å². The number of hydrogen-bond acceptors (Lipinski definition) is 5. The summed E-state index contributed by atoms with van der Waals surface area (Å²) in [5.74, 6) is -0.410. The summed E-state index contributed by atoms with van der Waals surface area (Å²) < 4.78 is 5.82. The molecule has 3 N–H and O–H groups in total. The number of benzene rings is 1. The molecule has 0 bridgehead atoms. The van der Waals surface area contributed by atoms with Gasteiger partial charge in [-0.3, -0.25) is 9.59 Å². The number of allylic oxidation sites excluding steroid dienone is 2. The van der Waals surface area contributed by atoms with Crippen molar-refractivity contribution in [1.82, 2.24) is 5.32 Å². The molecule has 0 unspecified atom stereocenters. The van der Waals surface area contributed by atoms with Gasteiger partial charge in [-0.15, -0.1) is 0 Å². The Morgan fingerprint density at radius 3 is 2.57 bits per heavy atom. The summed E-state index contributed by atoms with van der Waals surface area (Å²) in [6.07, 6.45) is 14.2. The van der Waals surface area contributed by atoms with E-state index in [1.807, 2.05) is 43.4 Å². The number of carbonyl (C=O) groups is 2. The molecule has 1 aromatic rings. The van der Waals surface area contributed by atoms with Crippen LogP contribution in [0.4, 0.5) is 0 Å². The van der Waals surface area contributed by atoms with Crippen LogP contribution < -0.4 is 5.32 Å². The lowest BCUT2D eigenvalue weighted by molar-refractivity contribution is -0.147. The SMILES string of the molecule is CCCCCC(=O)O[C@H](/C=C/[C@@H]1[C@@H](C/C=C\CCCC(=O)NCC)[C@@H](O)C[C@H]1O)CCc1ccccc1. The number of carbonyl (C=O) groups excluding carboxylic acids is 2. The Morgan fingerprint density at radius 1 is 1.05 bits per heavy atom. The molecule has 6 nitrogen and oxygen atoms in total. The van der Waals surface area contributed by atoms with Crippen molar-refractivity contribution in [2.45, 2.75) is 103 Å². The number of aliphatic hydroxyl groups excluding tert-OH is 2. The van der Waals surface area contributed by atoms with Crippen LogP contribution in [0.15, 0.2) is 54.6 Å². The maximum Gasteiger partial charge on any atom is 0.306 e. The van der Waals surface area contributed by atoms with E-state index in [-0.39, 0.29) is 29.8 Å². The average Bonchev–Trinajstić information content (AvgIpc) is 3.15. The van der Waals surface area contributed by atoms with Crippen LogP contribution in [-0.2, 0) is 20.7 Å². The first-order valence-electron chi connectivity index (χ1n) is 14.1. The predicted octanol–water partition coefficient (Wildman–Crippen LogP) is 5.28. The van der Waals surface area contributed by atoms with Gasteiger partial charge in [-0.1, -0.05) is 68.3 Å². The van der Waals surface area contributed by atoms with Gasteiger partial charge in [0.2, 0.25) is 5.91 Å². The summed E-state index contributed by atoms with van der Waals surface area (Å²) in [5.41, 5.74) is 1.19. The average molecular weight is 514 g/mol. The van der Waals surface area contributed by atoms with Crippen LogP contribution in [0, 0.1) is 11.8 Å². The van der Waals surface area contributed by atoms with Crippen molar-refractivity contribution in [1.29, 1.82) is 0 Å². The van der Waals surface area contributed by atoms with E-state index in [0.717, 1.165) is 38.5 Å². The van der Waals surface area contributed by atoms with Crippen molar-refractivity contribution in [3.8, 4) is 0 Å². The maximum absolute atomic E-state index is 12.4. The zero-order chi connectivity index (χ0) is 26.9. The third-order valence-electron chi connectivity index (χ3n) is 7.01. The minimum Gasteiger partial charge on any atom is -0.458 e. The summed E-state index contributed by atoms with van der Waals surface area (Å²) >= 11 is 0.